The quantitative estimate of drug-likeness (QED) is 0.327. The molecule has 0 fully saturated rings. The predicted octanol–water partition coefficient (Wildman–Crippen LogP) is 4.46. The van der Waals surface area contributed by atoms with E-state index in [9.17, 15) is 9.59 Å². The van der Waals surface area contributed by atoms with Crippen molar-refractivity contribution in [2.45, 2.75) is 31.7 Å². The Bertz CT molecular complexity index is 1570. The van der Waals surface area contributed by atoms with Crippen LogP contribution >= 0.6 is 23.1 Å². The summed E-state index contributed by atoms with van der Waals surface area (Å²) in [6.07, 6.45) is 0. The second kappa shape index (κ2) is 9.03. The van der Waals surface area contributed by atoms with E-state index in [1.54, 1.807) is 16.4 Å². The summed E-state index contributed by atoms with van der Waals surface area (Å²) in [5.41, 5.74) is 3.33. The lowest BCUT2D eigenvalue weighted by atomic mass is 10.2. The summed E-state index contributed by atoms with van der Waals surface area (Å²) >= 11 is 2.94. The molecule has 1 amide bonds. The van der Waals surface area contributed by atoms with Gasteiger partial charge in [-0.25, -0.2) is 9.55 Å². The van der Waals surface area contributed by atoms with Gasteiger partial charge in [0.2, 0.25) is 11.7 Å². The van der Waals surface area contributed by atoms with Crippen LogP contribution in [-0.2, 0) is 10.5 Å². The number of carbonyl (C=O) groups excluding carboxylic acids is 1. The number of amides is 1. The van der Waals surface area contributed by atoms with Crippen molar-refractivity contribution in [3.05, 3.63) is 75.5 Å². The molecule has 3 heterocycles. The summed E-state index contributed by atoms with van der Waals surface area (Å²) < 4.78 is 3.52. The van der Waals surface area contributed by atoms with Crippen LogP contribution in [0.25, 0.3) is 22.4 Å². The molecule has 0 N–H and O–H groups in total. The zero-order valence-corrected chi connectivity index (χ0v) is 20.6. The third-order valence-electron chi connectivity index (χ3n) is 5.50. The number of anilines is 1. The van der Waals surface area contributed by atoms with Gasteiger partial charge in [0, 0.05) is 24.6 Å². The van der Waals surface area contributed by atoms with Crippen molar-refractivity contribution in [2.75, 3.05) is 11.4 Å². The Kier molecular flexibility index (Phi) is 5.93. The highest BCUT2D eigenvalue weighted by atomic mass is 32.2. The van der Waals surface area contributed by atoms with Gasteiger partial charge in [0.25, 0.3) is 5.56 Å². The molecule has 5 aromatic rings. The number of nitrogens with zero attached hydrogens (tertiary/aromatic N) is 6. The van der Waals surface area contributed by atoms with Crippen LogP contribution < -0.4 is 10.5 Å². The molecule has 0 atom stereocenters. The first-order chi connectivity index (χ1) is 16.5. The van der Waals surface area contributed by atoms with Crippen molar-refractivity contribution in [1.29, 1.82) is 0 Å². The monoisotopic (exact) mass is 490 g/mol. The van der Waals surface area contributed by atoms with Crippen LogP contribution in [0.5, 0.6) is 0 Å². The number of hydrogen-bond donors (Lipinski definition) is 0. The van der Waals surface area contributed by atoms with Crippen LogP contribution in [-0.4, -0.2) is 36.6 Å². The second-order valence-electron chi connectivity index (χ2n) is 7.78. The molecular weight excluding hydrogens is 468 g/mol. The number of carbonyl (C=O) groups is 1. The van der Waals surface area contributed by atoms with Crippen molar-refractivity contribution in [1.82, 2.24) is 24.1 Å². The van der Waals surface area contributed by atoms with Gasteiger partial charge in [-0.3, -0.25) is 18.9 Å². The van der Waals surface area contributed by atoms with Gasteiger partial charge >= 0.3 is 0 Å². The fourth-order valence-electron chi connectivity index (χ4n) is 3.82. The maximum Gasteiger partial charge on any atom is 0.267 e. The normalized spacial score (nSPS) is 11.4. The van der Waals surface area contributed by atoms with Crippen LogP contribution in [0.15, 0.2) is 63.9 Å². The largest absolute Gasteiger partial charge is 0.289 e. The van der Waals surface area contributed by atoms with Gasteiger partial charge < -0.3 is 0 Å². The molecule has 0 unspecified atom stereocenters. The summed E-state index contributed by atoms with van der Waals surface area (Å²) in [7, 11) is 0. The molecular formula is C24H22N6O2S2. The summed E-state index contributed by atoms with van der Waals surface area (Å²) in [6.45, 7) is 6.06. The lowest BCUT2D eigenvalue weighted by molar-refractivity contribution is -0.116. The summed E-state index contributed by atoms with van der Waals surface area (Å²) in [5, 5.41) is 12.7. The Morgan fingerprint density at radius 1 is 1.12 bits per heavy atom. The molecule has 8 nitrogen and oxygen atoms in total. The van der Waals surface area contributed by atoms with Crippen LogP contribution in [0.1, 0.15) is 25.1 Å². The number of aromatic nitrogens is 5. The van der Waals surface area contributed by atoms with E-state index < -0.39 is 0 Å². The van der Waals surface area contributed by atoms with E-state index >= 15 is 0 Å². The van der Waals surface area contributed by atoms with Gasteiger partial charge in [-0.15, -0.1) is 21.5 Å². The number of benzene rings is 2. The van der Waals surface area contributed by atoms with Gasteiger partial charge in [-0.1, -0.05) is 41.6 Å². The highest BCUT2D eigenvalue weighted by Crippen LogP contribution is 2.28. The highest BCUT2D eigenvalue weighted by Gasteiger charge is 2.19. The summed E-state index contributed by atoms with van der Waals surface area (Å²) in [6, 6.07) is 15.3. The molecule has 34 heavy (non-hydrogen) atoms. The molecule has 0 spiro atoms. The number of thiazole rings is 1. The van der Waals surface area contributed by atoms with Crippen LogP contribution in [0.2, 0.25) is 0 Å². The van der Waals surface area contributed by atoms with Crippen molar-refractivity contribution >= 4 is 50.8 Å². The van der Waals surface area contributed by atoms with Crippen molar-refractivity contribution in [2.24, 2.45) is 0 Å². The first-order valence-corrected chi connectivity index (χ1v) is 12.7. The first-order valence-electron chi connectivity index (χ1n) is 10.8. The van der Waals surface area contributed by atoms with Gasteiger partial charge in [-0.2, -0.15) is 0 Å². The smallest absolute Gasteiger partial charge is 0.267 e. The molecule has 0 saturated heterocycles. The molecule has 0 aliphatic heterocycles. The Morgan fingerprint density at radius 2 is 1.88 bits per heavy atom. The average molecular weight is 491 g/mol. The lowest BCUT2D eigenvalue weighted by Gasteiger charge is -2.14. The van der Waals surface area contributed by atoms with Crippen molar-refractivity contribution < 1.29 is 4.79 Å². The Hall–Kier alpha value is -3.50. The van der Waals surface area contributed by atoms with E-state index in [-0.39, 0.29) is 11.5 Å². The maximum atomic E-state index is 13.4. The number of hydrogen-bond acceptors (Lipinski definition) is 7. The predicted molar refractivity (Wildman–Crippen MR) is 136 cm³/mol. The third kappa shape index (κ3) is 3.88. The molecule has 0 radical (unpaired) electrons. The number of fused-ring (bicyclic) bond motifs is 3. The van der Waals surface area contributed by atoms with Gasteiger partial charge in [-0.05, 0) is 38.1 Å². The minimum absolute atomic E-state index is 0.0277. The molecule has 172 valence electrons. The molecule has 3 aromatic heterocycles. The number of rotatable bonds is 6. The Morgan fingerprint density at radius 3 is 2.62 bits per heavy atom. The van der Waals surface area contributed by atoms with E-state index in [4.69, 9.17) is 0 Å². The SMILES string of the molecule is CCN(C(C)=O)c1nc(CSc2nnc3n(-c4ccc(C)cc4)c(=O)c4ccccc4n23)cs1. The van der Waals surface area contributed by atoms with Crippen LogP contribution in [0, 0.1) is 6.92 Å². The molecule has 0 aliphatic carbocycles. The molecule has 0 aliphatic rings. The minimum atomic E-state index is -0.135. The van der Waals surface area contributed by atoms with Gasteiger partial charge in [0.15, 0.2) is 10.3 Å². The second-order valence-corrected chi connectivity index (χ2v) is 9.56. The molecule has 2 aromatic carbocycles. The molecule has 0 saturated carbocycles. The number of para-hydroxylation sites is 1. The highest BCUT2D eigenvalue weighted by molar-refractivity contribution is 7.98. The van der Waals surface area contributed by atoms with Crippen LogP contribution in [0.4, 0.5) is 5.13 Å². The first kappa shape index (κ1) is 22.3. The van der Waals surface area contributed by atoms with E-state index in [0.717, 1.165) is 22.5 Å². The van der Waals surface area contributed by atoms with E-state index in [1.165, 1.54) is 23.1 Å². The number of thioether (sulfide) groups is 1. The zero-order chi connectivity index (χ0) is 23.8. The number of aryl methyl sites for hydroxylation is 1. The molecule has 10 heteroatoms. The van der Waals surface area contributed by atoms with Crippen molar-refractivity contribution in [3.63, 3.8) is 0 Å². The van der Waals surface area contributed by atoms with E-state index in [0.29, 0.717) is 33.7 Å². The van der Waals surface area contributed by atoms with Gasteiger partial charge in [0.05, 0.1) is 22.3 Å². The Labute approximate surface area is 203 Å². The summed E-state index contributed by atoms with van der Waals surface area (Å²) in [5.74, 6) is 0.993. The molecule has 0 bridgehead atoms. The third-order valence-corrected chi connectivity index (χ3v) is 7.38. The van der Waals surface area contributed by atoms with Crippen LogP contribution in [0.3, 0.4) is 0 Å². The minimum Gasteiger partial charge on any atom is -0.289 e. The van der Waals surface area contributed by atoms with E-state index in [1.807, 2.05) is 72.2 Å². The average Bonchev–Trinajstić information content (AvgIpc) is 3.47. The summed E-state index contributed by atoms with van der Waals surface area (Å²) in [4.78, 5) is 31.5. The topological polar surface area (TPSA) is 85.4 Å². The molecule has 5 rings (SSSR count). The maximum absolute atomic E-state index is 13.4. The van der Waals surface area contributed by atoms with Crippen molar-refractivity contribution in [3.8, 4) is 5.69 Å². The Balaban J connectivity index is 1.57. The van der Waals surface area contributed by atoms with E-state index in [2.05, 4.69) is 15.2 Å². The lowest BCUT2D eigenvalue weighted by Crippen LogP contribution is -2.27. The fraction of sp³-hybridized carbons (Fsp3) is 0.208. The van der Waals surface area contributed by atoms with Gasteiger partial charge in [0.1, 0.15) is 0 Å². The zero-order valence-electron chi connectivity index (χ0n) is 18.9. The fourth-order valence-corrected chi connectivity index (χ4v) is 5.69. The standard InChI is InChI=1S/C24H22N6O2S2/c1-4-28(16(3)31)23-25-17(13-33-23)14-34-24-27-26-22-29(18-11-9-15(2)10-12-18)21(32)19-7-5-6-8-20(19)30(22)24/h5-13H,4,14H2,1-3H3.